The van der Waals surface area contributed by atoms with Crippen molar-refractivity contribution in [3.8, 4) is 0 Å². The minimum absolute atomic E-state index is 0.0650. The number of aryl methyl sites for hydroxylation is 1. The molecule has 0 saturated heterocycles. The van der Waals surface area contributed by atoms with Crippen molar-refractivity contribution in [2.24, 2.45) is 5.92 Å². The highest BCUT2D eigenvalue weighted by molar-refractivity contribution is 5.95. The molecule has 0 radical (unpaired) electrons. The quantitative estimate of drug-likeness (QED) is 0.533. The summed E-state index contributed by atoms with van der Waals surface area (Å²) < 4.78 is 5.56. The molecule has 0 fully saturated rings. The van der Waals surface area contributed by atoms with Crippen molar-refractivity contribution < 1.29 is 9.53 Å². The van der Waals surface area contributed by atoms with E-state index in [4.69, 9.17) is 10.5 Å². The molecule has 0 aromatic heterocycles. The Bertz CT molecular complexity index is 501. The molecule has 21 heavy (non-hydrogen) atoms. The lowest BCUT2D eigenvalue weighted by Gasteiger charge is -2.19. The Hall–Kier alpha value is -1.75. The van der Waals surface area contributed by atoms with Crippen LogP contribution in [0, 0.1) is 5.92 Å². The zero-order valence-corrected chi connectivity index (χ0v) is 12.9. The van der Waals surface area contributed by atoms with E-state index in [0.717, 1.165) is 36.4 Å². The summed E-state index contributed by atoms with van der Waals surface area (Å²) in [5.41, 5.74) is 9.58. The maximum Gasteiger partial charge on any atom is 0.224 e. The van der Waals surface area contributed by atoms with Crippen molar-refractivity contribution in [1.29, 1.82) is 0 Å². The van der Waals surface area contributed by atoms with Crippen LogP contribution >= 0.6 is 0 Å². The molecule has 1 amide bonds. The second kappa shape index (κ2) is 7.31. The largest absolute Gasteiger partial charge is 0.397 e. The van der Waals surface area contributed by atoms with Gasteiger partial charge in [0.15, 0.2) is 0 Å². The van der Waals surface area contributed by atoms with Gasteiger partial charge in [0.25, 0.3) is 0 Å². The SMILES string of the molecule is CC(C)CCOCCNc1cc2c(cc1N)CCC(=O)N2. The standard InChI is InChI=1S/C16H25N3O2/c1-11(2)5-7-21-8-6-18-15-10-14-12(9-13(15)17)3-4-16(20)19-14/h9-11,18H,3-8,17H2,1-2H3,(H,19,20). The molecule has 1 aliphatic heterocycles. The molecule has 4 N–H and O–H groups in total. The van der Waals surface area contributed by atoms with Crippen LogP contribution in [0.25, 0.3) is 0 Å². The van der Waals surface area contributed by atoms with Crippen molar-refractivity contribution in [3.63, 3.8) is 0 Å². The molecule has 5 heteroatoms. The van der Waals surface area contributed by atoms with Gasteiger partial charge in [-0.2, -0.15) is 0 Å². The number of nitrogens with two attached hydrogens (primary N) is 1. The molecule has 0 bridgehead atoms. The number of fused-ring (bicyclic) bond motifs is 1. The summed E-state index contributed by atoms with van der Waals surface area (Å²) in [6, 6.07) is 3.85. The monoisotopic (exact) mass is 291 g/mol. The molecule has 0 saturated carbocycles. The first-order valence-corrected chi connectivity index (χ1v) is 7.60. The van der Waals surface area contributed by atoms with Gasteiger partial charge in [0.05, 0.1) is 18.0 Å². The van der Waals surface area contributed by atoms with E-state index in [9.17, 15) is 4.79 Å². The Morgan fingerprint density at radius 2 is 2.14 bits per heavy atom. The van der Waals surface area contributed by atoms with E-state index >= 15 is 0 Å². The van der Waals surface area contributed by atoms with Gasteiger partial charge >= 0.3 is 0 Å². The molecule has 1 aromatic carbocycles. The van der Waals surface area contributed by atoms with Gasteiger partial charge in [-0.15, -0.1) is 0 Å². The number of hydrogen-bond donors (Lipinski definition) is 3. The van der Waals surface area contributed by atoms with Crippen LogP contribution in [-0.2, 0) is 16.0 Å². The Kier molecular flexibility index (Phi) is 5.44. The number of rotatable bonds is 7. The summed E-state index contributed by atoms with van der Waals surface area (Å²) in [7, 11) is 0. The number of ether oxygens (including phenoxy) is 1. The fourth-order valence-corrected chi connectivity index (χ4v) is 2.28. The number of anilines is 3. The fraction of sp³-hybridized carbons (Fsp3) is 0.562. The third kappa shape index (κ3) is 4.63. The minimum atomic E-state index is 0.0650. The predicted octanol–water partition coefficient (Wildman–Crippen LogP) is 2.63. The number of carbonyl (C=O) groups excluding carboxylic acids is 1. The van der Waals surface area contributed by atoms with Crippen molar-refractivity contribution in [2.75, 3.05) is 36.1 Å². The highest BCUT2D eigenvalue weighted by Crippen LogP contribution is 2.30. The molecular weight excluding hydrogens is 266 g/mol. The molecule has 0 atom stereocenters. The molecule has 0 spiro atoms. The first-order chi connectivity index (χ1) is 10.1. The lowest BCUT2D eigenvalue weighted by Crippen LogP contribution is -2.20. The van der Waals surface area contributed by atoms with Gasteiger partial charge in [0.2, 0.25) is 5.91 Å². The van der Waals surface area contributed by atoms with E-state index in [1.54, 1.807) is 0 Å². The van der Waals surface area contributed by atoms with E-state index in [1.165, 1.54) is 0 Å². The Morgan fingerprint density at radius 1 is 1.33 bits per heavy atom. The van der Waals surface area contributed by atoms with Gasteiger partial charge in [-0.25, -0.2) is 0 Å². The van der Waals surface area contributed by atoms with Gasteiger partial charge in [-0.3, -0.25) is 4.79 Å². The van der Waals surface area contributed by atoms with Crippen LogP contribution in [0.3, 0.4) is 0 Å². The van der Waals surface area contributed by atoms with Gasteiger partial charge in [-0.05, 0) is 36.5 Å². The number of nitrogen functional groups attached to an aromatic ring is 1. The third-order valence-electron chi connectivity index (χ3n) is 3.57. The van der Waals surface area contributed by atoms with E-state index in [0.29, 0.717) is 31.2 Å². The molecule has 1 aliphatic rings. The second-order valence-corrected chi connectivity index (χ2v) is 5.87. The number of benzene rings is 1. The summed E-state index contributed by atoms with van der Waals surface area (Å²) in [5.74, 6) is 0.730. The topological polar surface area (TPSA) is 76.4 Å². The molecule has 116 valence electrons. The summed E-state index contributed by atoms with van der Waals surface area (Å²) in [5, 5.41) is 6.15. The summed E-state index contributed by atoms with van der Waals surface area (Å²) >= 11 is 0. The Morgan fingerprint density at radius 3 is 2.90 bits per heavy atom. The zero-order valence-electron chi connectivity index (χ0n) is 12.9. The van der Waals surface area contributed by atoms with Crippen molar-refractivity contribution >= 4 is 23.0 Å². The predicted molar refractivity (Wildman–Crippen MR) is 86.6 cm³/mol. The summed E-state index contributed by atoms with van der Waals surface area (Å²) in [4.78, 5) is 11.4. The molecule has 2 rings (SSSR count). The Balaban J connectivity index is 1.83. The van der Waals surface area contributed by atoms with Crippen LogP contribution in [0.5, 0.6) is 0 Å². The molecule has 0 unspecified atom stereocenters. The number of nitrogens with one attached hydrogen (secondary N) is 2. The van der Waals surface area contributed by atoms with E-state index in [-0.39, 0.29) is 5.91 Å². The van der Waals surface area contributed by atoms with Crippen LogP contribution in [0.2, 0.25) is 0 Å². The first kappa shape index (κ1) is 15.6. The minimum Gasteiger partial charge on any atom is -0.397 e. The number of carbonyl (C=O) groups is 1. The highest BCUT2D eigenvalue weighted by Gasteiger charge is 2.16. The lowest BCUT2D eigenvalue weighted by atomic mass is 10.0. The summed E-state index contributed by atoms with van der Waals surface area (Å²) in [6.07, 6.45) is 2.36. The highest BCUT2D eigenvalue weighted by atomic mass is 16.5. The number of amides is 1. The van der Waals surface area contributed by atoms with Gasteiger partial charge in [0, 0.05) is 25.3 Å². The molecule has 5 nitrogen and oxygen atoms in total. The average Bonchev–Trinajstić information content (AvgIpc) is 2.43. The van der Waals surface area contributed by atoms with Crippen LogP contribution in [-0.4, -0.2) is 25.7 Å². The van der Waals surface area contributed by atoms with Crippen LogP contribution < -0.4 is 16.4 Å². The molecule has 0 aliphatic carbocycles. The molecule has 1 aromatic rings. The Labute approximate surface area is 126 Å². The van der Waals surface area contributed by atoms with Crippen LogP contribution in [0.15, 0.2) is 12.1 Å². The van der Waals surface area contributed by atoms with Crippen molar-refractivity contribution in [1.82, 2.24) is 0 Å². The van der Waals surface area contributed by atoms with Crippen LogP contribution in [0.4, 0.5) is 17.1 Å². The van der Waals surface area contributed by atoms with Gasteiger partial charge < -0.3 is 21.1 Å². The fourth-order valence-electron chi connectivity index (χ4n) is 2.28. The number of hydrogen-bond acceptors (Lipinski definition) is 4. The molecular formula is C16H25N3O2. The average molecular weight is 291 g/mol. The zero-order chi connectivity index (χ0) is 15.2. The van der Waals surface area contributed by atoms with E-state index in [1.807, 2.05) is 12.1 Å². The van der Waals surface area contributed by atoms with Crippen LogP contribution in [0.1, 0.15) is 32.3 Å². The molecule has 1 heterocycles. The lowest BCUT2D eigenvalue weighted by molar-refractivity contribution is -0.116. The summed E-state index contributed by atoms with van der Waals surface area (Å²) in [6.45, 7) is 6.51. The van der Waals surface area contributed by atoms with E-state index in [2.05, 4.69) is 24.5 Å². The van der Waals surface area contributed by atoms with Crippen molar-refractivity contribution in [3.05, 3.63) is 17.7 Å². The van der Waals surface area contributed by atoms with E-state index < -0.39 is 0 Å². The third-order valence-corrected chi connectivity index (χ3v) is 3.57. The van der Waals surface area contributed by atoms with Gasteiger partial charge in [0.1, 0.15) is 0 Å². The maximum atomic E-state index is 11.4. The maximum absolute atomic E-state index is 11.4. The first-order valence-electron chi connectivity index (χ1n) is 7.60. The van der Waals surface area contributed by atoms with Gasteiger partial charge in [-0.1, -0.05) is 13.8 Å². The van der Waals surface area contributed by atoms with Crippen molar-refractivity contribution in [2.45, 2.75) is 33.1 Å². The second-order valence-electron chi connectivity index (χ2n) is 5.87. The smallest absolute Gasteiger partial charge is 0.224 e. The normalized spacial score (nSPS) is 14.0.